The highest BCUT2D eigenvalue weighted by atomic mass is 19.1. The zero-order valence-electron chi connectivity index (χ0n) is 14.0. The molecule has 0 saturated carbocycles. The average molecular weight is 330 g/mol. The van der Waals surface area contributed by atoms with Crippen LogP contribution >= 0.6 is 0 Å². The predicted molar refractivity (Wildman–Crippen MR) is 91.9 cm³/mol. The van der Waals surface area contributed by atoms with E-state index in [2.05, 4.69) is 5.32 Å². The minimum atomic E-state index is -0.764. The van der Waals surface area contributed by atoms with Crippen molar-refractivity contribution in [3.05, 3.63) is 71.0 Å². The number of nitrogens with zero attached hydrogens (tertiary/aromatic N) is 1. The fourth-order valence-electron chi connectivity index (χ4n) is 2.45. The maximum atomic E-state index is 12.9. The lowest BCUT2D eigenvalue weighted by Gasteiger charge is -2.20. The third-order valence-electron chi connectivity index (χ3n) is 3.89. The van der Waals surface area contributed by atoms with Gasteiger partial charge in [-0.1, -0.05) is 36.4 Å². The summed E-state index contributed by atoms with van der Waals surface area (Å²) in [5, 5.41) is 13.0. The van der Waals surface area contributed by atoms with Gasteiger partial charge in [-0.2, -0.15) is 0 Å². The van der Waals surface area contributed by atoms with Crippen molar-refractivity contribution >= 4 is 5.91 Å². The average Bonchev–Trinajstić information content (AvgIpc) is 2.54. The SMILES string of the molecule is Cc1ccccc1CNC(=O)CN(C)C[C@@H](O)c1ccc(F)cc1. The van der Waals surface area contributed by atoms with E-state index in [1.165, 1.54) is 12.1 Å². The van der Waals surface area contributed by atoms with Crippen molar-refractivity contribution in [1.82, 2.24) is 10.2 Å². The number of nitrogens with one attached hydrogen (secondary N) is 1. The molecule has 0 unspecified atom stereocenters. The highest BCUT2D eigenvalue weighted by Gasteiger charge is 2.13. The van der Waals surface area contributed by atoms with Crippen molar-refractivity contribution in [3.63, 3.8) is 0 Å². The first-order chi connectivity index (χ1) is 11.5. The predicted octanol–water partition coefficient (Wildman–Crippen LogP) is 2.42. The van der Waals surface area contributed by atoms with E-state index in [0.29, 0.717) is 18.7 Å². The van der Waals surface area contributed by atoms with E-state index < -0.39 is 6.10 Å². The van der Waals surface area contributed by atoms with E-state index in [0.717, 1.165) is 11.1 Å². The van der Waals surface area contributed by atoms with Crippen molar-refractivity contribution < 1.29 is 14.3 Å². The summed E-state index contributed by atoms with van der Waals surface area (Å²) >= 11 is 0. The van der Waals surface area contributed by atoms with Crippen molar-refractivity contribution in [1.29, 1.82) is 0 Å². The highest BCUT2D eigenvalue weighted by Crippen LogP contribution is 2.14. The summed E-state index contributed by atoms with van der Waals surface area (Å²) in [7, 11) is 1.76. The summed E-state index contributed by atoms with van der Waals surface area (Å²) in [5.74, 6) is -0.443. The number of aryl methyl sites for hydroxylation is 1. The lowest BCUT2D eigenvalue weighted by atomic mass is 10.1. The summed E-state index contributed by atoms with van der Waals surface area (Å²) < 4.78 is 12.9. The van der Waals surface area contributed by atoms with Crippen LogP contribution in [0.3, 0.4) is 0 Å². The van der Waals surface area contributed by atoms with Gasteiger partial charge in [0.1, 0.15) is 5.82 Å². The van der Waals surface area contributed by atoms with Gasteiger partial charge in [0.2, 0.25) is 5.91 Å². The topological polar surface area (TPSA) is 52.6 Å². The Labute approximate surface area is 141 Å². The molecule has 128 valence electrons. The summed E-state index contributed by atoms with van der Waals surface area (Å²) in [6, 6.07) is 13.6. The van der Waals surface area contributed by atoms with Gasteiger partial charge in [0, 0.05) is 13.1 Å². The standard InChI is InChI=1S/C19H23FN2O2/c1-14-5-3-4-6-16(14)11-21-19(24)13-22(2)12-18(23)15-7-9-17(20)10-8-15/h3-10,18,23H,11-13H2,1-2H3,(H,21,24)/t18-/m1/s1. The maximum Gasteiger partial charge on any atom is 0.234 e. The molecule has 0 bridgehead atoms. The molecule has 1 amide bonds. The first kappa shape index (κ1) is 18.1. The minimum absolute atomic E-state index is 0.105. The molecule has 2 aromatic carbocycles. The van der Waals surface area contributed by atoms with E-state index in [1.54, 1.807) is 24.1 Å². The molecule has 4 nitrogen and oxygen atoms in total. The zero-order valence-corrected chi connectivity index (χ0v) is 14.0. The number of likely N-dealkylation sites (N-methyl/N-ethyl adjacent to an activating group) is 1. The van der Waals surface area contributed by atoms with Crippen molar-refractivity contribution in [2.45, 2.75) is 19.6 Å². The molecule has 2 rings (SSSR count). The van der Waals surface area contributed by atoms with Crippen LogP contribution in [0.1, 0.15) is 22.8 Å². The first-order valence-corrected chi connectivity index (χ1v) is 7.89. The Bertz CT molecular complexity index is 673. The molecule has 0 aromatic heterocycles. The van der Waals surface area contributed by atoms with Crippen LogP contribution in [0.15, 0.2) is 48.5 Å². The molecule has 0 saturated heterocycles. The van der Waals surface area contributed by atoms with E-state index in [9.17, 15) is 14.3 Å². The molecule has 0 spiro atoms. The Balaban J connectivity index is 1.79. The van der Waals surface area contributed by atoms with E-state index in [-0.39, 0.29) is 18.3 Å². The molecule has 5 heteroatoms. The Morgan fingerprint density at radius 1 is 1.21 bits per heavy atom. The molecule has 1 atom stereocenters. The van der Waals surface area contributed by atoms with Crippen molar-refractivity contribution in [3.8, 4) is 0 Å². The maximum absolute atomic E-state index is 12.9. The van der Waals surface area contributed by atoms with Gasteiger partial charge in [-0.3, -0.25) is 9.69 Å². The van der Waals surface area contributed by atoms with Crippen molar-refractivity contribution in [2.75, 3.05) is 20.1 Å². The van der Waals surface area contributed by atoms with Crippen LogP contribution in [0, 0.1) is 12.7 Å². The third-order valence-corrected chi connectivity index (χ3v) is 3.89. The Hall–Kier alpha value is -2.24. The van der Waals surface area contributed by atoms with Gasteiger partial charge in [-0.15, -0.1) is 0 Å². The quantitative estimate of drug-likeness (QED) is 0.820. The van der Waals surface area contributed by atoms with Gasteiger partial charge in [0.15, 0.2) is 0 Å². The van der Waals surface area contributed by atoms with Crippen LogP contribution in [0.25, 0.3) is 0 Å². The van der Waals surface area contributed by atoms with Gasteiger partial charge in [0.05, 0.1) is 12.6 Å². The minimum Gasteiger partial charge on any atom is -0.387 e. The molecule has 0 aliphatic heterocycles. The van der Waals surface area contributed by atoms with Crippen LogP contribution in [-0.2, 0) is 11.3 Å². The molecule has 0 fully saturated rings. The number of aliphatic hydroxyl groups is 1. The number of hydrogen-bond donors (Lipinski definition) is 2. The molecule has 0 heterocycles. The number of carbonyl (C=O) groups is 1. The molecule has 0 aliphatic carbocycles. The van der Waals surface area contributed by atoms with E-state index in [1.807, 2.05) is 31.2 Å². The second kappa shape index (κ2) is 8.57. The normalized spacial score (nSPS) is 12.2. The molecule has 0 aliphatic rings. The largest absolute Gasteiger partial charge is 0.387 e. The van der Waals surface area contributed by atoms with Gasteiger partial charge in [-0.05, 0) is 42.8 Å². The van der Waals surface area contributed by atoms with Crippen LogP contribution in [0.2, 0.25) is 0 Å². The Morgan fingerprint density at radius 2 is 1.88 bits per heavy atom. The van der Waals surface area contributed by atoms with E-state index >= 15 is 0 Å². The van der Waals surface area contributed by atoms with Crippen LogP contribution in [0.4, 0.5) is 4.39 Å². The number of rotatable bonds is 7. The molecular formula is C19H23FN2O2. The smallest absolute Gasteiger partial charge is 0.234 e. The number of benzene rings is 2. The summed E-state index contributed by atoms with van der Waals surface area (Å²) in [6.07, 6.45) is -0.764. The Kier molecular flexibility index (Phi) is 6.46. The lowest BCUT2D eigenvalue weighted by Crippen LogP contribution is -2.36. The third kappa shape index (κ3) is 5.44. The molecule has 2 aromatic rings. The monoisotopic (exact) mass is 330 g/mol. The number of hydrogen-bond acceptors (Lipinski definition) is 3. The fourth-order valence-corrected chi connectivity index (χ4v) is 2.45. The lowest BCUT2D eigenvalue weighted by molar-refractivity contribution is -0.122. The fraction of sp³-hybridized carbons (Fsp3) is 0.316. The van der Waals surface area contributed by atoms with Gasteiger partial charge in [0.25, 0.3) is 0 Å². The van der Waals surface area contributed by atoms with Crippen LogP contribution < -0.4 is 5.32 Å². The Morgan fingerprint density at radius 3 is 2.54 bits per heavy atom. The summed E-state index contributed by atoms with van der Waals surface area (Å²) in [4.78, 5) is 13.8. The highest BCUT2D eigenvalue weighted by molar-refractivity contribution is 5.78. The summed E-state index contributed by atoms with van der Waals surface area (Å²) in [6.45, 7) is 2.97. The molecular weight excluding hydrogens is 307 g/mol. The summed E-state index contributed by atoms with van der Waals surface area (Å²) in [5.41, 5.74) is 2.85. The molecule has 0 radical (unpaired) electrons. The number of amides is 1. The number of aliphatic hydroxyl groups excluding tert-OH is 1. The van der Waals surface area contributed by atoms with Gasteiger partial charge >= 0.3 is 0 Å². The van der Waals surface area contributed by atoms with Gasteiger partial charge in [-0.25, -0.2) is 4.39 Å². The number of halogens is 1. The van der Waals surface area contributed by atoms with E-state index in [4.69, 9.17) is 0 Å². The van der Waals surface area contributed by atoms with Crippen molar-refractivity contribution in [2.24, 2.45) is 0 Å². The number of carbonyl (C=O) groups excluding carboxylic acids is 1. The van der Waals surface area contributed by atoms with Crippen LogP contribution in [-0.4, -0.2) is 36.1 Å². The zero-order chi connectivity index (χ0) is 17.5. The van der Waals surface area contributed by atoms with Crippen LogP contribution in [0.5, 0.6) is 0 Å². The second-order valence-corrected chi connectivity index (χ2v) is 5.97. The second-order valence-electron chi connectivity index (χ2n) is 5.97. The van der Waals surface area contributed by atoms with Gasteiger partial charge < -0.3 is 10.4 Å². The molecule has 24 heavy (non-hydrogen) atoms. The molecule has 2 N–H and O–H groups in total. The first-order valence-electron chi connectivity index (χ1n) is 7.89.